The van der Waals surface area contributed by atoms with Crippen molar-refractivity contribution in [2.75, 3.05) is 0 Å². The van der Waals surface area contributed by atoms with Crippen molar-refractivity contribution >= 4 is 11.8 Å². The Bertz CT molecular complexity index is 233. The van der Waals surface area contributed by atoms with Crippen LogP contribution in [0, 0.1) is 0 Å². The number of carbonyl (C=O) groups excluding carboxylic acids is 2. The van der Waals surface area contributed by atoms with Gasteiger partial charge in [-0.1, -0.05) is 13.2 Å². The lowest BCUT2D eigenvalue weighted by atomic mass is 10.1. The molecule has 0 unspecified atom stereocenters. The molecule has 0 aliphatic heterocycles. The molecule has 72 valence electrons. The van der Waals surface area contributed by atoms with E-state index in [9.17, 15) is 9.59 Å². The van der Waals surface area contributed by atoms with Crippen LogP contribution in [0.4, 0.5) is 0 Å². The second-order valence-electron chi connectivity index (χ2n) is 2.94. The van der Waals surface area contributed by atoms with Crippen molar-refractivity contribution in [3.8, 4) is 0 Å². The maximum Gasteiger partial charge on any atom is 0.314 e. The Morgan fingerprint density at radius 1 is 1.38 bits per heavy atom. The van der Waals surface area contributed by atoms with E-state index in [-0.39, 0.29) is 12.2 Å². The van der Waals surface area contributed by atoms with Gasteiger partial charge in [0.15, 0.2) is 0 Å². The fourth-order valence-electron chi connectivity index (χ4n) is 0.651. The molecule has 0 N–H and O–H groups in total. The van der Waals surface area contributed by atoms with E-state index in [0.717, 1.165) is 0 Å². The van der Waals surface area contributed by atoms with Crippen LogP contribution >= 0.6 is 0 Å². The Balaban J connectivity index is 4.25. The topological polar surface area (TPSA) is 43.4 Å². The number of ketones is 1. The molecular formula is C10H14O3. The molecule has 0 radical (unpaired) electrons. The Labute approximate surface area is 78.1 Å². The lowest BCUT2D eigenvalue weighted by Gasteiger charge is -2.21. The van der Waals surface area contributed by atoms with Gasteiger partial charge < -0.3 is 4.74 Å². The molecule has 0 aromatic rings. The van der Waals surface area contributed by atoms with Crippen LogP contribution < -0.4 is 0 Å². The van der Waals surface area contributed by atoms with Gasteiger partial charge in [-0.05, 0) is 26.0 Å². The zero-order valence-corrected chi connectivity index (χ0v) is 8.00. The molecule has 0 aliphatic rings. The van der Waals surface area contributed by atoms with Crippen molar-refractivity contribution in [1.29, 1.82) is 0 Å². The maximum absolute atomic E-state index is 11.0. The van der Waals surface area contributed by atoms with Gasteiger partial charge >= 0.3 is 5.97 Å². The van der Waals surface area contributed by atoms with Crippen molar-refractivity contribution in [1.82, 2.24) is 0 Å². The smallest absolute Gasteiger partial charge is 0.314 e. The number of Topliss-reactive ketones (excluding diaryl/α,β-unsaturated/α-hetero) is 1. The summed E-state index contributed by atoms with van der Waals surface area (Å²) in [5.41, 5.74) is -0.882. The van der Waals surface area contributed by atoms with E-state index < -0.39 is 11.6 Å². The predicted molar refractivity (Wildman–Crippen MR) is 50.2 cm³/mol. The molecule has 0 amide bonds. The van der Waals surface area contributed by atoms with E-state index in [2.05, 4.69) is 13.2 Å². The lowest BCUT2D eigenvalue weighted by molar-refractivity contribution is -0.151. The Hall–Kier alpha value is -1.38. The molecule has 3 heteroatoms. The van der Waals surface area contributed by atoms with Crippen LogP contribution in [0.25, 0.3) is 0 Å². The Morgan fingerprint density at radius 3 is 2.15 bits per heavy atom. The van der Waals surface area contributed by atoms with Gasteiger partial charge in [0.25, 0.3) is 0 Å². The molecule has 0 rings (SSSR count). The minimum atomic E-state index is -0.882. The number of esters is 1. The van der Waals surface area contributed by atoms with Crippen molar-refractivity contribution in [3.05, 3.63) is 25.3 Å². The predicted octanol–water partition coefficient (Wildman–Crippen LogP) is 1.64. The van der Waals surface area contributed by atoms with Gasteiger partial charge in [0.05, 0.1) is 0 Å². The monoisotopic (exact) mass is 182 g/mol. The van der Waals surface area contributed by atoms with Crippen LogP contribution in [0.2, 0.25) is 0 Å². The lowest BCUT2D eigenvalue weighted by Crippen LogP contribution is -2.27. The summed E-state index contributed by atoms with van der Waals surface area (Å²) in [5, 5.41) is 0. The summed E-state index contributed by atoms with van der Waals surface area (Å²) in [6.07, 6.45) is 2.70. The van der Waals surface area contributed by atoms with Crippen molar-refractivity contribution in [3.63, 3.8) is 0 Å². The van der Waals surface area contributed by atoms with Crippen LogP contribution in [0.1, 0.15) is 20.3 Å². The standard InChI is InChI=1S/C10H14O3/c1-5-10(4,6-2)13-9(12)7-8(3)11/h5-6H,1-2,7H2,3-4H3. The third kappa shape index (κ3) is 4.25. The van der Waals surface area contributed by atoms with E-state index in [1.54, 1.807) is 6.92 Å². The van der Waals surface area contributed by atoms with Crippen LogP contribution in [0.15, 0.2) is 25.3 Å². The van der Waals surface area contributed by atoms with Crippen LogP contribution in [-0.2, 0) is 14.3 Å². The first kappa shape index (κ1) is 11.6. The highest BCUT2D eigenvalue weighted by Gasteiger charge is 2.21. The van der Waals surface area contributed by atoms with Gasteiger partial charge in [-0.25, -0.2) is 0 Å². The Kier molecular flexibility index (Phi) is 4.11. The van der Waals surface area contributed by atoms with E-state index in [0.29, 0.717) is 0 Å². The SMILES string of the molecule is C=CC(C)(C=C)OC(=O)CC(C)=O. The summed E-state index contributed by atoms with van der Waals surface area (Å²) >= 11 is 0. The molecule has 3 nitrogen and oxygen atoms in total. The van der Waals surface area contributed by atoms with Gasteiger partial charge in [0, 0.05) is 0 Å². The van der Waals surface area contributed by atoms with Crippen LogP contribution in [0.5, 0.6) is 0 Å². The second-order valence-corrected chi connectivity index (χ2v) is 2.94. The number of carbonyl (C=O) groups is 2. The number of hydrogen-bond donors (Lipinski definition) is 0. The molecule has 13 heavy (non-hydrogen) atoms. The third-order valence-electron chi connectivity index (χ3n) is 1.54. The highest BCUT2D eigenvalue weighted by Crippen LogP contribution is 2.13. The van der Waals surface area contributed by atoms with Crippen molar-refractivity contribution in [2.24, 2.45) is 0 Å². The highest BCUT2D eigenvalue weighted by atomic mass is 16.6. The first-order valence-electron chi connectivity index (χ1n) is 3.92. The first-order chi connectivity index (χ1) is 5.93. The summed E-state index contributed by atoms with van der Waals surface area (Å²) in [5.74, 6) is -0.782. The molecule has 0 aromatic heterocycles. The number of rotatable bonds is 5. The zero-order valence-electron chi connectivity index (χ0n) is 8.00. The van der Waals surface area contributed by atoms with Gasteiger partial charge in [-0.2, -0.15) is 0 Å². The van der Waals surface area contributed by atoms with E-state index >= 15 is 0 Å². The van der Waals surface area contributed by atoms with E-state index in [4.69, 9.17) is 4.74 Å². The molecular weight excluding hydrogens is 168 g/mol. The normalized spacial score (nSPS) is 10.3. The highest BCUT2D eigenvalue weighted by molar-refractivity contribution is 5.94. The largest absolute Gasteiger partial charge is 0.451 e. The minimum absolute atomic E-state index is 0.211. The molecule has 0 saturated carbocycles. The summed E-state index contributed by atoms with van der Waals surface area (Å²) in [4.78, 5) is 21.6. The number of ether oxygens (including phenoxy) is 1. The maximum atomic E-state index is 11.0. The summed E-state index contributed by atoms with van der Waals surface area (Å²) in [7, 11) is 0. The summed E-state index contributed by atoms with van der Waals surface area (Å²) in [6.45, 7) is 9.98. The average molecular weight is 182 g/mol. The van der Waals surface area contributed by atoms with Crippen LogP contribution in [0.3, 0.4) is 0 Å². The molecule has 0 heterocycles. The summed E-state index contributed by atoms with van der Waals surface area (Å²) in [6, 6.07) is 0. The molecule has 0 aromatic carbocycles. The molecule has 0 fully saturated rings. The first-order valence-corrected chi connectivity index (χ1v) is 3.92. The zero-order chi connectivity index (χ0) is 10.5. The molecule has 0 atom stereocenters. The minimum Gasteiger partial charge on any atom is -0.451 e. The van der Waals surface area contributed by atoms with E-state index in [1.165, 1.54) is 19.1 Å². The van der Waals surface area contributed by atoms with Gasteiger partial charge in [-0.15, -0.1) is 0 Å². The second kappa shape index (κ2) is 4.60. The molecule has 0 saturated heterocycles. The van der Waals surface area contributed by atoms with Crippen molar-refractivity contribution in [2.45, 2.75) is 25.9 Å². The quantitative estimate of drug-likeness (QED) is 0.369. The summed E-state index contributed by atoms with van der Waals surface area (Å²) < 4.78 is 4.95. The van der Waals surface area contributed by atoms with E-state index in [1.807, 2.05) is 0 Å². The van der Waals surface area contributed by atoms with Gasteiger partial charge in [0.1, 0.15) is 17.8 Å². The van der Waals surface area contributed by atoms with Gasteiger partial charge in [-0.3, -0.25) is 9.59 Å². The fraction of sp³-hybridized carbons (Fsp3) is 0.400. The molecule has 0 bridgehead atoms. The Morgan fingerprint density at radius 2 is 1.85 bits per heavy atom. The number of hydrogen-bond acceptors (Lipinski definition) is 3. The average Bonchev–Trinajstić information content (AvgIpc) is 2.02. The third-order valence-corrected chi connectivity index (χ3v) is 1.54. The molecule has 0 aliphatic carbocycles. The fourth-order valence-corrected chi connectivity index (χ4v) is 0.651. The van der Waals surface area contributed by atoms with Gasteiger partial charge in [0.2, 0.25) is 0 Å². The van der Waals surface area contributed by atoms with Crippen LogP contribution in [-0.4, -0.2) is 17.4 Å². The molecule has 0 spiro atoms. The van der Waals surface area contributed by atoms with Crippen molar-refractivity contribution < 1.29 is 14.3 Å².